The van der Waals surface area contributed by atoms with Crippen molar-refractivity contribution < 1.29 is 5.11 Å². The highest BCUT2D eigenvalue weighted by atomic mass is 16.3. The molecule has 5 nitrogen and oxygen atoms in total. The number of nitrogens with two attached hydrogens (primary N) is 1. The summed E-state index contributed by atoms with van der Waals surface area (Å²) in [4.78, 5) is 10.9. The Morgan fingerprint density at radius 1 is 1.33 bits per heavy atom. The van der Waals surface area contributed by atoms with Crippen LogP contribution in [0.2, 0.25) is 0 Å². The van der Waals surface area contributed by atoms with Crippen LogP contribution in [0.4, 0.5) is 5.82 Å². The van der Waals surface area contributed by atoms with E-state index >= 15 is 0 Å². The third-order valence-corrected chi connectivity index (χ3v) is 3.11. The molecular weight excluding hydrogens is 228 g/mol. The Hall–Kier alpha value is -1.20. The lowest BCUT2D eigenvalue weighted by Gasteiger charge is -2.29. The van der Waals surface area contributed by atoms with Gasteiger partial charge in [0.2, 0.25) is 0 Å². The summed E-state index contributed by atoms with van der Waals surface area (Å²) in [6.45, 7) is 7.66. The van der Waals surface area contributed by atoms with E-state index < -0.39 is 0 Å². The number of aliphatic hydroxyl groups excluding tert-OH is 1. The largest absolute Gasteiger partial charge is 0.395 e. The second kappa shape index (κ2) is 7.28. The van der Waals surface area contributed by atoms with Gasteiger partial charge in [0.05, 0.1) is 13.2 Å². The smallest absolute Gasteiger partial charge is 0.144 e. The van der Waals surface area contributed by atoms with Crippen LogP contribution in [0.1, 0.15) is 38.2 Å². The number of hydrogen-bond acceptors (Lipinski definition) is 5. The molecule has 0 amide bonds. The van der Waals surface area contributed by atoms with Crippen LogP contribution in [0.5, 0.6) is 0 Å². The van der Waals surface area contributed by atoms with Gasteiger partial charge >= 0.3 is 0 Å². The van der Waals surface area contributed by atoms with E-state index in [1.54, 1.807) is 6.07 Å². The summed E-state index contributed by atoms with van der Waals surface area (Å²) >= 11 is 0. The maximum atomic E-state index is 9.16. The van der Waals surface area contributed by atoms with E-state index in [0.29, 0.717) is 24.9 Å². The number of nitrogens with zero attached hydrogens (tertiary/aromatic N) is 3. The second-order valence-electron chi connectivity index (χ2n) is 4.51. The van der Waals surface area contributed by atoms with Crippen molar-refractivity contribution in [2.75, 3.05) is 18.9 Å². The molecule has 1 aromatic rings. The summed E-state index contributed by atoms with van der Waals surface area (Å²) in [7, 11) is 0. The molecule has 3 N–H and O–H groups in total. The predicted octanol–water partition coefficient (Wildman–Crippen LogP) is 1.35. The lowest BCUT2D eigenvalue weighted by atomic mass is 10.1. The zero-order chi connectivity index (χ0) is 13.5. The van der Waals surface area contributed by atoms with E-state index in [-0.39, 0.29) is 6.61 Å². The minimum atomic E-state index is 0.151. The lowest BCUT2D eigenvalue weighted by molar-refractivity contribution is 0.133. The highest BCUT2D eigenvalue weighted by Gasteiger charge is 2.16. The Balaban J connectivity index is 2.81. The quantitative estimate of drug-likeness (QED) is 0.766. The molecule has 0 spiro atoms. The summed E-state index contributed by atoms with van der Waals surface area (Å²) in [5, 5.41) is 9.16. The maximum absolute atomic E-state index is 9.16. The Morgan fingerprint density at radius 2 is 2.00 bits per heavy atom. The molecule has 0 unspecified atom stereocenters. The Bertz CT molecular complexity index is 346. The number of nitrogen functional groups attached to an aromatic ring is 1. The normalized spacial score (nSPS) is 11.4. The molecule has 18 heavy (non-hydrogen) atoms. The number of aromatic nitrogens is 2. The van der Waals surface area contributed by atoms with Crippen LogP contribution in [0.25, 0.3) is 0 Å². The van der Waals surface area contributed by atoms with Crippen molar-refractivity contribution in [3.05, 3.63) is 17.6 Å². The molecular formula is C13H24N4O. The molecule has 1 heterocycles. The van der Waals surface area contributed by atoms with Crippen molar-refractivity contribution in [2.45, 2.75) is 46.2 Å². The first-order valence-electron chi connectivity index (χ1n) is 6.55. The summed E-state index contributed by atoms with van der Waals surface area (Å²) in [6.07, 6.45) is 2.11. The third kappa shape index (κ3) is 4.23. The molecule has 0 radical (unpaired) electrons. The molecule has 102 valence electrons. The summed E-state index contributed by atoms with van der Waals surface area (Å²) in [6, 6.07) is 2.21. The van der Waals surface area contributed by atoms with Crippen molar-refractivity contribution in [1.29, 1.82) is 0 Å². The van der Waals surface area contributed by atoms with Gasteiger partial charge in [0.25, 0.3) is 0 Å². The van der Waals surface area contributed by atoms with E-state index in [1.807, 2.05) is 6.92 Å². The molecule has 0 bridgehead atoms. The molecule has 0 aliphatic rings. The van der Waals surface area contributed by atoms with Crippen molar-refractivity contribution in [1.82, 2.24) is 14.9 Å². The fraction of sp³-hybridized carbons (Fsp3) is 0.692. The molecule has 1 rings (SSSR count). The van der Waals surface area contributed by atoms with Gasteiger partial charge in [-0.05, 0) is 19.8 Å². The van der Waals surface area contributed by atoms with Gasteiger partial charge in [-0.1, -0.05) is 13.8 Å². The summed E-state index contributed by atoms with van der Waals surface area (Å²) < 4.78 is 0. The Labute approximate surface area is 109 Å². The summed E-state index contributed by atoms with van der Waals surface area (Å²) in [5.74, 6) is 1.24. The predicted molar refractivity (Wildman–Crippen MR) is 73.0 cm³/mol. The number of aryl methyl sites for hydroxylation is 1. The summed E-state index contributed by atoms with van der Waals surface area (Å²) in [5.41, 5.74) is 6.61. The molecule has 5 heteroatoms. The van der Waals surface area contributed by atoms with Crippen LogP contribution in [0.15, 0.2) is 6.07 Å². The standard InChI is InChI=1S/C13H24N4O/c1-4-11(5-2)17(6-7-18)9-13-15-10(3)8-12(14)16-13/h8,11,18H,4-7,9H2,1-3H3,(H2,14,15,16). The van der Waals surface area contributed by atoms with Crippen molar-refractivity contribution in [3.63, 3.8) is 0 Å². The van der Waals surface area contributed by atoms with E-state index in [1.165, 1.54) is 0 Å². The van der Waals surface area contributed by atoms with E-state index in [4.69, 9.17) is 10.8 Å². The van der Waals surface area contributed by atoms with E-state index in [2.05, 4.69) is 28.7 Å². The number of anilines is 1. The minimum Gasteiger partial charge on any atom is -0.395 e. The van der Waals surface area contributed by atoms with Gasteiger partial charge in [-0.2, -0.15) is 0 Å². The van der Waals surface area contributed by atoms with Gasteiger partial charge in [0.15, 0.2) is 0 Å². The first-order chi connectivity index (χ1) is 8.60. The highest BCUT2D eigenvalue weighted by molar-refractivity contribution is 5.29. The van der Waals surface area contributed by atoms with Gasteiger partial charge in [0.1, 0.15) is 11.6 Å². The average Bonchev–Trinajstić information content (AvgIpc) is 2.29. The van der Waals surface area contributed by atoms with Crippen LogP contribution in [0.3, 0.4) is 0 Å². The van der Waals surface area contributed by atoms with Gasteiger partial charge in [0, 0.05) is 24.3 Å². The van der Waals surface area contributed by atoms with Gasteiger partial charge in [-0.3, -0.25) is 4.90 Å². The fourth-order valence-corrected chi connectivity index (χ4v) is 2.23. The minimum absolute atomic E-state index is 0.151. The molecule has 0 aromatic carbocycles. The number of aliphatic hydroxyl groups is 1. The van der Waals surface area contributed by atoms with Crippen LogP contribution in [0, 0.1) is 6.92 Å². The maximum Gasteiger partial charge on any atom is 0.144 e. The van der Waals surface area contributed by atoms with Crippen LogP contribution < -0.4 is 5.73 Å². The number of rotatable bonds is 7. The zero-order valence-electron chi connectivity index (χ0n) is 11.6. The van der Waals surface area contributed by atoms with E-state index in [0.717, 1.165) is 24.4 Å². The average molecular weight is 252 g/mol. The molecule has 0 saturated heterocycles. The van der Waals surface area contributed by atoms with E-state index in [9.17, 15) is 0 Å². The second-order valence-corrected chi connectivity index (χ2v) is 4.51. The third-order valence-electron chi connectivity index (χ3n) is 3.11. The molecule has 0 aliphatic carbocycles. The van der Waals surface area contributed by atoms with Crippen LogP contribution >= 0.6 is 0 Å². The first kappa shape index (κ1) is 14.9. The topological polar surface area (TPSA) is 75.3 Å². The Morgan fingerprint density at radius 3 is 2.50 bits per heavy atom. The molecule has 0 saturated carbocycles. The van der Waals surface area contributed by atoms with Gasteiger partial charge in [-0.25, -0.2) is 9.97 Å². The van der Waals surface area contributed by atoms with Crippen molar-refractivity contribution >= 4 is 5.82 Å². The fourth-order valence-electron chi connectivity index (χ4n) is 2.23. The number of hydrogen-bond donors (Lipinski definition) is 2. The molecule has 0 aliphatic heterocycles. The monoisotopic (exact) mass is 252 g/mol. The molecule has 1 aromatic heterocycles. The molecule has 0 fully saturated rings. The van der Waals surface area contributed by atoms with Gasteiger partial charge < -0.3 is 10.8 Å². The van der Waals surface area contributed by atoms with Crippen LogP contribution in [-0.2, 0) is 6.54 Å². The SMILES string of the molecule is CCC(CC)N(CCO)Cc1nc(C)cc(N)n1. The van der Waals surface area contributed by atoms with Crippen LogP contribution in [-0.4, -0.2) is 39.2 Å². The van der Waals surface area contributed by atoms with Crippen molar-refractivity contribution in [3.8, 4) is 0 Å². The first-order valence-corrected chi connectivity index (χ1v) is 6.55. The zero-order valence-corrected chi connectivity index (χ0v) is 11.6. The Kier molecular flexibility index (Phi) is 6.01. The van der Waals surface area contributed by atoms with Gasteiger partial charge in [-0.15, -0.1) is 0 Å². The van der Waals surface area contributed by atoms with Crippen molar-refractivity contribution in [2.24, 2.45) is 0 Å². The highest BCUT2D eigenvalue weighted by Crippen LogP contribution is 2.12. The molecule has 0 atom stereocenters. The lowest BCUT2D eigenvalue weighted by Crippen LogP contribution is -2.36.